The first kappa shape index (κ1) is 15.7. The highest BCUT2D eigenvalue weighted by atomic mass is 16.2. The molecule has 1 aliphatic heterocycles. The van der Waals surface area contributed by atoms with Crippen LogP contribution < -0.4 is 11.3 Å². The molecule has 1 aromatic heterocycles. The maximum absolute atomic E-state index is 12.6. The van der Waals surface area contributed by atoms with E-state index in [2.05, 4.69) is 5.10 Å². The Bertz CT molecular complexity index is 672. The van der Waals surface area contributed by atoms with Gasteiger partial charge in [0, 0.05) is 31.0 Å². The number of piperidine rings is 1. The molecule has 0 radical (unpaired) electrons. The quantitative estimate of drug-likeness (QED) is 0.869. The number of nitrogens with two attached hydrogens (primary N) is 1. The zero-order chi connectivity index (χ0) is 16.6. The van der Waals surface area contributed by atoms with Crippen LogP contribution in [0.25, 0.3) is 0 Å². The molecule has 1 aliphatic carbocycles. The van der Waals surface area contributed by atoms with Crippen LogP contribution in [0.4, 0.5) is 0 Å². The van der Waals surface area contributed by atoms with Gasteiger partial charge in [0.25, 0.3) is 5.56 Å². The van der Waals surface area contributed by atoms with Gasteiger partial charge in [0.2, 0.25) is 11.8 Å². The normalized spacial score (nSPS) is 20.3. The van der Waals surface area contributed by atoms with E-state index < -0.39 is 6.04 Å². The predicted molar refractivity (Wildman–Crippen MR) is 83.7 cm³/mol. The van der Waals surface area contributed by atoms with Crippen LogP contribution in [0.2, 0.25) is 0 Å². The van der Waals surface area contributed by atoms with E-state index in [1.54, 1.807) is 17.9 Å². The van der Waals surface area contributed by atoms with Gasteiger partial charge in [0.15, 0.2) is 0 Å². The summed E-state index contributed by atoms with van der Waals surface area (Å²) in [5.74, 6) is -0.167. The molecule has 2 heterocycles. The highest BCUT2D eigenvalue weighted by Crippen LogP contribution is 2.38. The lowest BCUT2D eigenvalue weighted by Gasteiger charge is -2.32. The number of nitrogens with zero attached hydrogens (tertiary/aromatic N) is 3. The fraction of sp³-hybridized carbons (Fsp3) is 0.625. The number of primary amides is 1. The lowest BCUT2D eigenvalue weighted by atomic mass is 9.96. The minimum Gasteiger partial charge on any atom is -0.369 e. The minimum atomic E-state index is -0.633. The molecular weight excluding hydrogens is 296 g/mol. The van der Waals surface area contributed by atoms with Crippen molar-refractivity contribution < 1.29 is 9.59 Å². The van der Waals surface area contributed by atoms with Crippen LogP contribution in [-0.4, -0.2) is 39.6 Å². The summed E-state index contributed by atoms with van der Waals surface area (Å²) in [4.78, 5) is 37.6. The van der Waals surface area contributed by atoms with Gasteiger partial charge in [-0.15, -0.1) is 0 Å². The molecule has 1 saturated heterocycles. The van der Waals surface area contributed by atoms with Crippen molar-refractivity contribution in [2.45, 2.75) is 44.6 Å². The number of rotatable bonds is 4. The first-order valence-electron chi connectivity index (χ1n) is 8.15. The van der Waals surface area contributed by atoms with Gasteiger partial charge in [-0.2, -0.15) is 5.10 Å². The largest absolute Gasteiger partial charge is 0.369 e. The van der Waals surface area contributed by atoms with Crippen molar-refractivity contribution in [2.24, 2.45) is 11.7 Å². The zero-order valence-corrected chi connectivity index (χ0v) is 13.3. The number of carbonyl (C=O) groups excluding carboxylic acids is 2. The van der Waals surface area contributed by atoms with Gasteiger partial charge >= 0.3 is 0 Å². The third-order valence-corrected chi connectivity index (χ3v) is 4.77. The Morgan fingerprint density at radius 3 is 2.43 bits per heavy atom. The van der Waals surface area contributed by atoms with Crippen LogP contribution in [0.15, 0.2) is 16.9 Å². The second kappa shape index (κ2) is 6.14. The van der Waals surface area contributed by atoms with Crippen molar-refractivity contribution in [2.75, 3.05) is 13.1 Å². The number of hydrogen-bond donors (Lipinski definition) is 1. The van der Waals surface area contributed by atoms with Crippen LogP contribution in [0.1, 0.15) is 50.3 Å². The fourth-order valence-electron chi connectivity index (χ4n) is 3.07. The second-order valence-electron chi connectivity index (χ2n) is 6.49. The monoisotopic (exact) mass is 318 g/mol. The summed E-state index contributed by atoms with van der Waals surface area (Å²) in [6, 6.07) is 2.61. The summed E-state index contributed by atoms with van der Waals surface area (Å²) in [6.45, 7) is 2.69. The minimum absolute atomic E-state index is 0.129. The molecule has 2 aliphatic rings. The summed E-state index contributed by atoms with van der Waals surface area (Å²) in [5, 5.41) is 4.38. The second-order valence-corrected chi connectivity index (χ2v) is 6.49. The fourth-order valence-corrected chi connectivity index (χ4v) is 3.07. The van der Waals surface area contributed by atoms with Crippen molar-refractivity contribution in [1.29, 1.82) is 0 Å². The van der Waals surface area contributed by atoms with Crippen molar-refractivity contribution in [3.05, 3.63) is 28.2 Å². The molecule has 124 valence electrons. The van der Waals surface area contributed by atoms with Crippen molar-refractivity contribution in [3.8, 4) is 0 Å². The molecule has 7 nitrogen and oxygen atoms in total. The summed E-state index contributed by atoms with van der Waals surface area (Å²) in [5.41, 5.74) is 5.94. The van der Waals surface area contributed by atoms with Gasteiger partial charge < -0.3 is 10.6 Å². The van der Waals surface area contributed by atoms with E-state index in [1.165, 1.54) is 10.7 Å². The van der Waals surface area contributed by atoms with E-state index in [9.17, 15) is 14.4 Å². The van der Waals surface area contributed by atoms with Crippen molar-refractivity contribution in [3.63, 3.8) is 0 Å². The number of aromatic nitrogens is 2. The summed E-state index contributed by atoms with van der Waals surface area (Å²) in [7, 11) is 0. The average molecular weight is 318 g/mol. The number of carbonyl (C=O) groups is 2. The maximum atomic E-state index is 12.6. The SMILES string of the molecule is CC(C(=O)N1CCC(C(N)=O)CC1)n1nc(C2CC2)ccc1=O. The molecule has 2 N–H and O–H groups in total. The smallest absolute Gasteiger partial charge is 0.267 e. The number of likely N-dealkylation sites (tertiary alicyclic amines) is 1. The van der Waals surface area contributed by atoms with Gasteiger partial charge in [-0.3, -0.25) is 14.4 Å². The van der Waals surface area contributed by atoms with Gasteiger partial charge in [-0.25, -0.2) is 4.68 Å². The molecule has 1 unspecified atom stereocenters. The summed E-state index contributed by atoms with van der Waals surface area (Å²) < 4.78 is 1.29. The average Bonchev–Trinajstić information content (AvgIpc) is 3.39. The first-order valence-corrected chi connectivity index (χ1v) is 8.15. The predicted octanol–water partition coefficient (Wildman–Crippen LogP) is 0.406. The van der Waals surface area contributed by atoms with E-state index in [-0.39, 0.29) is 23.3 Å². The van der Waals surface area contributed by atoms with Gasteiger partial charge in [-0.1, -0.05) is 0 Å². The summed E-state index contributed by atoms with van der Waals surface area (Å²) in [6.07, 6.45) is 3.35. The molecule has 23 heavy (non-hydrogen) atoms. The number of amides is 2. The Hall–Kier alpha value is -2.18. The van der Waals surface area contributed by atoms with Crippen LogP contribution in [0, 0.1) is 5.92 Å². The lowest BCUT2D eigenvalue weighted by Crippen LogP contribution is -2.45. The van der Waals surface area contributed by atoms with Gasteiger partial charge in [-0.05, 0) is 38.7 Å². The molecule has 0 aromatic carbocycles. The van der Waals surface area contributed by atoms with Crippen LogP contribution >= 0.6 is 0 Å². The molecule has 1 atom stereocenters. The highest BCUT2D eigenvalue weighted by Gasteiger charge is 2.31. The molecule has 2 fully saturated rings. The maximum Gasteiger partial charge on any atom is 0.267 e. The molecule has 0 bridgehead atoms. The van der Waals surface area contributed by atoms with E-state index in [1.807, 2.05) is 0 Å². The molecular formula is C16H22N4O3. The van der Waals surface area contributed by atoms with Crippen molar-refractivity contribution in [1.82, 2.24) is 14.7 Å². The van der Waals surface area contributed by atoms with Gasteiger partial charge in [0.1, 0.15) is 6.04 Å². The Morgan fingerprint density at radius 2 is 1.87 bits per heavy atom. The molecule has 1 aromatic rings. The number of hydrogen-bond acceptors (Lipinski definition) is 4. The molecule has 0 spiro atoms. The van der Waals surface area contributed by atoms with E-state index in [0.29, 0.717) is 31.8 Å². The van der Waals surface area contributed by atoms with E-state index in [4.69, 9.17) is 5.73 Å². The van der Waals surface area contributed by atoms with Gasteiger partial charge in [0.05, 0.1) is 5.69 Å². The Labute approximate surface area is 134 Å². The molecule has 2 amide bonds. The van der Waals surface area contributed by atoms with Crippen LogP contribution in [0.3, 0.4) is 0 Å². The Balaban J connectivity index is 1.71. The Kier molecular flexibility index (Phi) is 4.19. The standard InChI is InChI=1S/C16H22N4O3/c1-10(16(23)19-8-6-12(7-9-19)15(17)22)20-14(21)5-4-13(18-20)11-2-3-11/h4-5,10-12H,2-3,6-9H2,1H3,(H2,17,22). The Morgan fingerprint density at radius 1 is 1.22 bits per heavy atom. The highest BCUT2D eigenvalue weighted by molar-refractivity contribution is 5.81. The van der Waals surface area contributed by atoms with Crippen LogP contribution in [-0.2, 0) is 9.59 Å². The zero-order valence-electron chi connectivity index (χ0n) is 13.3. The van der Waals surface area contributed by atoms with E-state index >= 15 is 0 Å². The van der Waals surface area contributed by atoms with E-state index in [0.717, 1.165) is 18.5 Å². The third kappa shape index (κ3) is 3.28. The third-order valence-electron chi connectivity index (χ3n) is 4.77. The molecule has 3 rings (SSSR count). The molecule has 7 heteroatoms. The topological polar surface area (TPSA) is 98.3 Å². The lowest BCUT2D eigenvalue weighted by molar-refractivity contribution is -0.137. The van der Waals surface area contributed by atoms with Crippen molar-refractivity contribution >= 4 is 11.8 Å². The summed E-state index contributed by atoms with van der Waals surface area (Å²) >= 11 is 0. The van der Waals surface area contributed by atoms with Crippen LogP contribution in [0.5, 0.6) is 0 Å². The molecule has 1 saturated carbocycles. The first-order chi connectivity index (χ1) is 11.0.